The van der Waals surface area contributed by atoms with Gasteiger partial charge in [0.2, 0.25) is 0 Å². The number of thioether (sulfide) groups is 1. The Kier molecular flexibility index (Phi) is 3.60. The molecule has 2 heterocycles. The lowest BCUT2D eigenvalue weighted by molar-refractivity contribution is 0.112. The van der Waals surface area contributed by atoms with Gasteiger partial charge >= 0.3 is 0 Å². The Morgan fingerprint density at radius 2 is 2.16 bits per heavy atom. The summed E-state index contributed by atoms with van der Waals surface area (Å²) in [5.41, 5.74) is 1.06. The highest BCUT2D eigenvalue weighted by molar-refractivity contribution is 8.00. The molecule has 0 N–H and O–H groups in total. The molecule has 0 atom stereocenters. The van der Waals surface area contributed by atoms with E-state index in [0.29, 0.717) is 10.7 Å². The smallest absolute Gasteiger partial charge is 0.186 e. The molecule has 104 valence electrons. The van der Waals surface area contributed by atoms with Crippen LogP contribution in [-0.2, 0) is 0 Å². The van der Waals surface area contributed by atoms with Gasteiger partial charge in [-0.1, -0.05) is 25.2 Å². The first-order valence-corrected chi connectivity index (χ1v) is 8.74. The summed E-state index contributed by atoms with van der Waals surface area (Å²) in [5.74, 6) is 1.70. The van der Waals surface area contributed by atoms with Crippen molar-refractivity contribution in [2.24, 2.45) is 0 Å². The molecule has 0 unspecified atom stereocenters. The Labute approximate surface area is 122 Å². The van der Waals surface area contributed by atoms with E-state index in [0.717, 1.165) is 40.8 Å². The molecule has 1 aromatic rings. The molecule has 0 bridgehead atoms. The molecule has 0 aromatic carbocycles. The second-order valence-corrected chi connectivity index (χ2v) is 8.79. The van der Waals surface area contributed by atoms with Gasteiger partial charge < -0.3 is 4.90 Å². The van der Waals surface area contributed by atoms with E-state index in [1.54, 1.807) is 11.3 Å². The highest BCUT2D eigenvalue weighted by atomic mass is 32.2. The minimum atomic E-state index is 0.360. The summed E-state index contributed by atoms with van der Waals surface area (Å²) in [6, 6.07) is 0. The third-order valence-corrected chi connectivity index (χ3v) is 6.28. The zero-order valence-corrected chi connectivity index (χ0v) is 13.1. The zero-order valence-electron chi connectivity index (χ0n) is 11.5. The Morgan fingerprint density at radius 1 is 1.37 bits per heavy atom. The lowest BCUT2D eigenvalue weighted by atomic mass is 10.1. The largest absolute Gasteiger partial charge is 0.347 e. The van der Waals surface area contributed by atoms with Crippen molar-refractivity contribution in [2.45, 2.75) is 43.8 Å². The number of anilines is 1. The van der Waals surface area contributed by atoms with Crippen molar-refractivity contribution in [2.75, 3.05) is 23.7 Å². The van der Waals surface area contributed by atoms with Crippen LogP contribution in [0.15, 0.2) is 0 Å². The molecule has 2 fully saturated rings. The summed E-state index contributed by atoms with van der Waals surface area (Å²) < 4.78 is 0.360. The van der Waals surface area contributed by atoms with E-state index in [4.69, 9.17) is 4.98 Å². The Bertz CT molecular complexity index is 480. The van der Waals surface area contributed by atoms with Crippen molar-refractivity contribution in [1.82, 2.24) is 4.98 Å². The van der Waals surface area contributed by atoms with E-state index >= 15 is 0 Å². The molecule has 5 heteroatoms. The topological polar surface area (TPSA) is 33.2 Å². The Balaban J connectivity index is 1.79. The number of aromatic nitrogens is 1. The van der Waals surface area contributed by atoms with Crippen LogP contribution in [0.2, 0.25) is 0 Å². The van der Waals surface area contributed by atoms with Gasteiger partial charge in [0.25, 0.3) is 0 Å². The molecule has 1 aromatic heterocycles. The fraction of sp³-hybridized carbons (Fsp3) is 0.714. The molecular weight excluding hydrogens is 276 g/mol. The van der Waals surface area contributed by atoms with Crippen LogP contribution in [0.25, 0.3) is 0 Å². The van der Waals surface area contributed by atoms with Crippen LogP contribution in [0.4, 0.5) is 5.13 Å². The number of hydrogen-bond donors (Lipinski definition) is 0. The first kappa shape index (κ1) is 13.4. The molecule has 0 spiro atoms. The van der Waals surface area contributed by atoms with Gasteiger partial charge in [0, 0.05) is 29.5 Å². The highest BCUT2D eigenvalue weighted by Crippen LogP contribution is 2.44. The van der Waals surface area contributed by atoms with Gasteiger partial charge in [-0.2, -0.15) is 11.8 Å². The molecule has 19 heavy (non-hydrogen) atoms. The van der Waals surface area contributed by atoms with E-state index in [-0.39, 0.29) is 0 Å². The third-order valence-electron chi connectivity index (χ3n) is 3.85. The number of aldehydes is 1. The molecule has 1 saturated carbocycles. The summed E-state index contributed by atoms with van der Waals surface area (Å²) in [6.07, 6.45) is 4.57. The average molecular weight is 296 g/mol. The monoisotopic (exact) mass is 296 g/mol. The van der Waals surface area contributed by atoms with E-state index in [9.17, 15) is 4.79 Å². The molecule has 0 amide bonds. The van der Waals surface area contributed by atoms with Crippen molar-refractivity contribution in [1.29, 1.82) is 0 Å². The predicted molar refractivity (Wildman–Crippen MR) is 82.8 cm³/mol. The van der Waals surface area contributed by atoms with E-state index in [1.807, 2.05) is 11.8 Å². The predicted octanol–water partition coefficient (Wildman–Crippen LogP) is 3.55. The molecule has 3 rings (SSSR count). The summed E-state index contributed by atoms with van der Waals surface area (Å²) in [7, 11) is 0. The van der Waals surface area contributed by atoms with Crippen LogP contribution in [-0.4, -0.2) is 34.9 Å². The van der Waals surface area contributed by atoms with Crippen molar-refractivity contribution >= 4 is 34.5 Å². The van der Waals surface area contributed by atoms with Crippen LogP contribution >= 0.6 is 23.1 Å². The molecule has 1 aliphatic heterocycles. The van der Waals surface area contributed by atoms with E-state index in [1.165, 1.54) is 19.3 Å². The van der Waals surface area contributed by atoms with Crippen molar-refractivity contribution in [3.05, 3.63) is 10.6 Å². The first-order valence-electron chi connectivity index (χ1n) is 6.94. The quantitative estimate of drug-likeness (QED) is 0.799. The first-order chi connectivity index (χ1) is 9.09. The van der Waals surface area contributed by atoms with Crippen LogP contribution in [0.5, 0.6) is 0 Å². The maximum atomic E-state index is 11.2. The number of carbonyl (C=O) groups is 1. The normalized spacial score (nSPS) is 23.2. The van der Waals surface area contributed by atoms with E-state index < -0.39 is 0 Å². The second-order valence-electron chi connectivity index (χ2n) is 5.98. The molecular formula is C14H20N2OS2. The average Bonchev–Trinajstić information content (AvgIpc) is 3.15. The Hall–Kier alpha value is -0.550. The van der Waals surface area contributed by atoms with Crippen LogP contribution in [0.3, 0.4) is 0 Å². The fourth-order valence-electron chi connectivity index (χ4n) is 2.41. The number of hydrogen-bond acceptors (Lipinski definition) is 5. The number of rotatable bonds is 3. The number of carbonyl (C=O) groups excluding carboxylic acids is 1. The standard InChI is InChI=1S/C14H20N2OS2/c1-14(2)5-6-16(7-8-18-14)13-15-12(10-3-4-10)11(9-17)19-13/h9-10H,3-8H2,1-2H3. The van der Waals surface area contributed by atoms with Gasteiger partial charge in [-0.25, -0.2) is 4.98 Å². The van der Waals surface area contributed by atoms with Gasteiger partial charge in [-0.05, 0) is 19.3 Å². The minimum Gasteiger partial charge on any atom is -0.347 e. The second kappa shape index (κ2) is 5.09. The molecule has 2 aliphatic rings. The van der Waals surface area contributed by atoms with Crippen LogP contribution < -0.4 is 4.90 Å². The van der Waals surface area contributed by atoms with Crippen LogP contribution in [0, 0.1) is 0 Å². The van der Waals surface area contributed by atoms with Gasteiger partial charge in [0.1, 0.15) is 0 Å². The maximum absolute atomic E-state index is 11.2. The summed E-state index contributed by atoms with van der Waals surface area (Å²) in [5, 5.41) is 1.06. The van der Waals surface area contributed by atoms with Crippen molar-refractivity contribution in [3.63, 3.8) is 0 Å². The van der Waals surface area contributed by atoms with Gasteiger partial charge in [-0.15, -0.1) is 0 Å². The summed E-state index contributed by atoms with van der Waals surface area (Å²) >= 11 is 3.62. The fourth-order valence-corrected chi connectivity index (χ4v) is 4.53. The molecule has 0 radical (unpaired) electrons. The minimum absolute atomic E-state index is 0.360. The molecule has 3 nitrogen and oxygen atoms in total. The van der Waals surface area contributed by atoms with Crippen molar-refractivity contribution in [3.8, 4) is 0 Å². The molecule has 1 aliphatic carbocycles. The Morgan fingerprint density at radius 3 is 2.84 bits per heavy atom. The maximum Gasteiger partial charge on any atom is 0.186 e. The zero-order chi connectivity index (χ0) is 13.5. The lowest BCUT2D eigenvalue weighted by Gasteiger charge is -2.22. The van der Waals surface area contributed by atoms with Gasteiger partial charge in [0.15, 0.2) is 11.4 Å². The summed E-state index contributed by atoms with van der Waals surface area (Å²) in [4.78, 5) is 19.2. The SMILES string of the molecule is CC1(C)CCN(c2nc(C3CC3)c(C=O)s2)CCS1. The lowest BCUT2D eigenvalue weighted by Crippen LogP contribution is -2.26. The van der Waals surface area contributed by atoms with Gasteiger partial charge in [-0.3, -0.25) is 4.79 Å². The van der Waals surface area contributed by atoms with Gasteiger partial charge in [0.05, 0.1) is 10.6 Å². The number of thiazole rings is 1. The van der Waals surface area contributed by atoms with E-state index in [2.05, 4.69) is 18.7 Å². The van der Waals surface area contributed by atoms with Crippen LogP contribution in [0.1, 0.15) is 54.4 Å². The highest BCUT2D eigenvalue weighted by Gasteiger charge is 2.31. The van der Waals surface area contributed by atoms with Crippen molar-refractivity contribution < 1.29 is 4.79 Å². The third kappa shape index (κ3) is 2.97. The summed E-state index contributed by atoms with van der Waals surface area (Å²) in [6.45, 7) is 6.73. The molecule has 1 saturated heterocycles. The number of nitrogens with zero attached hydrogens (tertiary/aromatic N) is 2.